The zero-order valence-electron chi connectivity index (χ0n) is 10.6. The van der Waals surface area contributed by atoms with Crippen LogP contribution < -0.4 is 5.43 Å². The largest absolute Gasteiger partial charge is 0.476 e. The van der Waals surface area contributed by atoms with Crippen LogP contribution in [-0.2, 0) is 6.54 Å². The average molecular weight is 262 g/mol. The fourth-order valence-electron chi connectivity index (χ4n) is 1.64. The molecule has 2 rings (SSSR count). The molecule has 0 saturated heterocycles. The molecule has 7 nitrogen and oxygen atoms in total. The fourth-order valence-corrected chi connectivity index (χ4v) is 1.64. The van der Waals surface area contributed by atoms with E-state index in [9.17, 15) is 9.59 Å². The van der Waals surface area contributed by atoms with E-state index in [0.717, 1.165) is 6.54 Å². The van der Waals surface area contributed by atoms with Gasteiger partial charge in [-0.25, -0.2) is 9.48 Å². The number of hydrogen-bond acceptors (Lipinski definition) is 4. The molecule has 2 heterocycles. The van der Waals surface area contributed by atoms with Crippen molar-refractivity contribution >= 4 is 5.97 Å². The Kier molecular flexibility index (Phi) is 3.46. The molecule has 0 radical (unpaired) electrons. The van der Waals surface area contributed by atoms with Gasteiger partial charge in [0.2, 0.25) is 11.1 Å². The van der Waals surface area contributed by atoms with Crippen LogP contribution in [0.5, 0.6) is 0 Å². The number of hydrogen-bond donors (Lipinski definition) is 1. The molecule has 0 atom stereocenters. The predicted molar refractivity (Wildman–Crippen MR) is 67.4 cm³/mol. The Morgan fingerprint density at radius 1 is 1.47 bits per heavy atom. The highest BCUT2D eigenvalue weighted by molar-refractivity contribution is 5.84. The SMILES string of the molecule is CC(C)Cn1cc(-n2ccc(=O)c(C(=O)O)n2)cn1. The highest BCUT2D eigenvalue weighted by Gasteiger charge is 2.12. The Morgan fingerprint density at radius 2 is 2.21 bits per heavy atom. The van der Waals surface area contributed by atoms with Gasteiger partial charge in [-0.15, -0.1) is 0 Å². The van der Waals surface area contributed by atoms with E-state index in [2.05, 4.69) is 24.0 Å². The van der Waals surface area contributed by atoms with Crippen molar-refractivity contribution in [2.45, 2.75) is 20.4 Å². The molecule has 7 heteroatoms. The first kappa shape index (κ1) is 13.0. The third kappa shape index (κ3) is 2.87. The molecule has 2 aromatic rings. The van der Waals surface area contributed by atoms with Crippen LogP contribution in [-0.4, -0.2) is 30.6 Å². The number of carbonyl (C=O) groups is 1. The van der Waals surface area contributed by atoms with E-state index in [4.69, 9.17) is 5.11 Å². The van der Waals surface area contributed by atoms with Gasteiger partial charge in [0.25, 0.3) is 0 Å². The minimum Gasteiger partial charge on any atom is -0.476 e. The summed E-state index contributed by atoms with van der Waals surface area (Å²) in [6.07, 6.45) is 4.75. The first-order valence-corrected chi connectivity index (χ1v) is 5.83. The molecule has 0 bridgehead atoms. The second-order valence-corrected chi connectivity index (χ2v) is 4.59. The Labute approximate surface area is 109 Å². The summed E-state index contributed by atoms with van der Waals surface area (Å²) in [6.45, 7) is 4.90. The van der Waals surface area contributed by atoms with Crippen LogP contribution in [0.1, 0.15) is 24.3 Å². The van der Waals surface area contributed by atoms with Gasteiger partial charge in [0.1, 0.15) is 5.69 Å². The van der Waals surface area contributed by atoms with Crippen molar-refractivity contribution in [2.24, 2.45) is 5.92 Å². The van der Waals surface area contributed by atoms with E-state index in [1.165, 1.54) is 16.9 Å². The second kappa shape index (κ2) is 5.05. The van der Waals surface area contributed by atoms with E-state index in [1.807, 2.05) is 0 Å². The maximum Gasteiger partial charge on any atom is 0.360 e. The van der Waals surface area contributed by atoms with Crippen LogP contribution in [0, 0.1) is 5.92 Å². The van der Waals surface area contributed by atoms with Crippen LogP contribution in [0.25, 0.3) is 5.69 Å². The van der Waals surface area contributed by atoms with Crippen molar-refractivity contribution in [2.75, 3.05) is 0 Å². The van der Waals surface area contributed by atoms with Gasteiger partial charge in [-0.1, -0.05) is 13.8 Å². The maximum absolute atomic E-state index is 11.3. The number of carboxylic acids is 1. The van der Waals surface area contributed by atoms with E-state index in [0.29, 0.717) is 11.6 Å². The maximum atomic E-state index is 11.3. The predicted octanol–water partition coefficient (Wildman–Crippen LogP) is 0.783. The van der Waals surface area contributed by atoms with Crippen molar-refractivity contribution in [3.05, 3.63) is 40.6 Å². The normalized spacial score (nSPS) is 10.9. The molecule has 0 amide bonds. The number of carboxylic acid groups (broad SMARTS) is 1. The Hall–Kier alpha value is -2.44. The number of aromatic nitrogens is 4. The molecule has 0 aliphatic carbocycles. The summed E-state index contributed by atoms with van der Waals surface area (Å²) in [5.74, 6) is -0.891. The number of nitrogens with zero attached hydrogens (tertiary/aromatic N) is 4. The summed E-state index contributed by atoms with van der Waals surface area (Å²) in [5, 5.41) is 16.8. The second-order valence-electron chi connectivity index (χ2n) is 4.59. The lowest BCUT2D eigenvalue weighted by Gasteiger charge is -2.04. The molecule has 0 aliphatic rings. The molecule has 0 aromatic carbocycles. The lowest BCUT2D eigenvalue weighted by Crippen LogP contribution is -2.20. The first-order valence-electron chi connectivity index (χ1n) is 5.83. The van der Waals surface area contributed by atoms with Gasteiger partial charge >= 0.3 is 5.97 Å². The van der Waals surface area contributed by atoms with Crippen LogP contribution in [0.3, 0.4) is 0 Å². The quantitative estimate of drug-likeness (QED) is 0.879. The highest BCUT2D eigenvalue weighted by Crippen LogP contribution is 2.06. The van der Waals surface area contributed by atoms with Gasteiger partial charge in [0.05, 0.1) is 12.4 Å². The molecule has 0 spiro atoms. The first-order chi connectivity index (χ1) is 8.97. The molecule has 1 N–H and O–H groups in total. The molecule has 0 fully saturated rings. The van der Waals surface area contributed by atoms with Crippen LogP contribution >= 0.6 is 0 Å². The monoisotopic (exact) mass is 262 g/mol. The summed E-state index contributed by atoms with van der Waals surface area (Å²) in [4.78, 5) is 22.2. The van der Waals surface area contributed by atoms with Gasteiger partial charge in [-0.05, 0) is 5.92 Å². The van der Waals surface area contributed by atoms with Crippen molar-refractivity contribution in [3.8, 4) is 5.69 Å². The highest BCUT2D eigenvalue weighted by atomic mass is 16.4. The van der Waals surface area contributed by atoms with Crippen LogP contribution in [0.15, 0.2) is 29.5 Å². The summed E-state index contributed by atoms with van der Waals surface area (Å²) in [6, 6.07) is 1.18. The number of aromatic carboxylic acids is 1. The molecular weight excluding hydrogens is 248 g/mol. The minimum absolute atomic E-state index is 0.448. The third-order valence-electron chi connectivity index (χ3n) is 2.45. The van der Waals surface area contributed by atoms with Crippen molar-refractivity contribution in [3.63, 3.8) is 0 Å². The standard InChI is InChI=1S/C12H14N4O3/c1-8(2)6-15-7-9(5-13-15)16-4-3-10(17)11(14-16)12(18)19/h3-5,7-8H,6H2,1-2H3,(H,18,19). The lowest BCUT2D eigenvalue weighted by molar-refractivity contribution is 0.0687. The molecular formula is C12H14N4O3. The summed E-state index contributed by atoms with van der Waals surface area (Å²) in [7, 11) is 0. The van der Waals surface area contributed by atoms with Crippen molar-refractivity contribution < 1.29 is 9.90 Å². The van der Waals surface area contributed by atoms with E-state index in [1.54, 1.807) is 17.1 Å². The van der Waals surface area contributed by atoms with E-state index >= 15 is 0 Å². The van der Waals surface area contributed by atoms with Gasteiger partial charge in [0.15, 0.2) is 0 Å². The molecule has 0 saturated carbocycles. The van der Waals surface area contributed by atoms with E-state index in [-0.39, 0.29) is 0 Å². The van der Waals surface area contributed by atoms with Gasteiger partial charge in [-0.2, -0.15) is 10.2 Å². The fraction of sp³-hybridized carbons (Fsp3) is 0.333. The molecule has 19 heavy (non-hydrogen) atoms. The average Bonchev–Trinajstić information content (AvgIpc) is 2.76. The van der Waals surface area contributed by atoms with Crippen LogP contribution in [0.2, 0.25) is 0 Å². The Bertz CT molecular complexity index is 657. The van der Waals surface area contributed by atoms with Crippen LogP contribution in [0.4, 0.5) is 0 Å². The Morgan fingerprint density at radius 3 is 2.84 bits per heavy atom. The minimum atomic E-state index is -1.34. The van der Waals surface area contributed by atoms with E-state index < -0.39 is 17.1 Å². The number of rotatable bonds is 4. The summed E-state index contributed by atoms with van der Waals surface area (Å²) >= 11 is 0. The zero-order chi connectivity index (χ0) is 14.0. The summed E-state index contributed by atoms with van der Waals surface area (Å²) in [5.41, 5.74) is -0.499. The molecule has 100 valence electrons. The molecule has 2 aromatic heterocycles. The van der Waals surface area contributed by atoms with Gasteiger partial charge < -0.3 is 5.11 Å². The smallest absolute Gasteiger partial charge is 0.360 e. The summed E-state index contributed by atoms with van der Waals surface area (Å²) < 4.78 is 3.08. The molecule has 0 aliphatic heterocycles. The topological polar surface area (TPSA) is 90.0 Å². The zero-order valence-corrected chi connectivity index (χ0v) is 10.6. The molecule has 0 unspecified atom stereocenters. The van der Waals surface area contributed by atoms with Crippen molar-refractivity contribution in [1.29, 1.82) is 0 Å². The Balaban J connectivity index is 2.37. The van der Waals surface area contributed by atoms with Gasteiger partial charge in [0, 0.05) is 18.8 Å². The third-order valence-corrected chi connectivity index (χ3v) is 2.45. The van der Waals surface area contributed by atoms with Gasteiger partial charge in [-0.3, -0.25) is 9.48 Å². The van der Waals surface area contributed by atoms with Crippen molar-refractivity contribution in [1.82, 2.24) is 19.6 Å². The lowest BCUT2D eigenvalue weighted by atomic mass is 10.2.